The fourth-order valence-electron chi connectivity index (χ4n) is 6.88. The SMILES string of the molecule is CNC1CCC(OC(=O)C2CCC(C(=O)OC3CCC4CC(C(C)=O)CCC4C3)CC2)CC1. The summed E-state index contributed by atoms with van der Waals surface area (Å²) in [4.78, 5) is 37.2. The Morgan fingerprint density at radius 3 is 1.67 bits per heavy atom. The van der Waals surface area contributed by atoms with Gasteiger partial charge in [0.1, 0.15) is 18.0 Å². The Bertz CT molecular complexity index is 693. The molecule has 4 aliphatic carbocycles. The number of nitrogens with one attached hydrogen (secondary N) is 1. The van der Waals surface area contributed by atoms with Crippen molar-refractivity contribution in [1.82, 2.24) is 5.32 Å². The van der Waals surface area contributed by atoms with Gasteiger partial charge in [-0.2, -0.15) is 0 Å². The second-order valence-corrected chi connectivity index (χ2v) is 11.3. The van der Waals surface area contributed by atoms with Gasteiger partial charge < -0.3 is 14.8 Å². The molecule has 6 nitrogen and oxygen atoms in total. The van der Waals surface area contributed by atoms with E-state index in [1.165, 1.54) is 0 Å². The van der Waals surface area contributed by atoms with Crippen molar-refractivity contribution in [3.05, 3.63) is 0 Å². The first-order valence-corrected chi connectivity index (χ1v) is 13.5. The highest BCUT2D eigenvalue weighted by molar-refractivity contribution is 5.78. The zero-order valence-electron chi connectivity index (χ0n) is 20.6. The summed E-state index contributed by atoms with van der Waals surface area (Å²) in [7, 11) is 1.99. The van der Waals surface area contributed by atoms with Crippen LogP contribution in [-0.4, -0.2) is 43.0 Å². The Kier molecular flexibility index (Phi) is 8.48. The highest BCUT2D eigenvalue weighted by Gasteiger charge is 2.39. The van der Waals surface area contributed by atoms with Gasteiger partial charge in [0.2, 0.25) is 0 Å². The summed E-state index contributed by atoms with van der Waals surface area (Å²) in [5.74, 6) is 1.54. The largest absolute Gasteiger partial charge is 0.462 e. The second-order valence-electron chi connectivity index (χ2n) is 11.3. The van der Waals surface area contributed by atoms with Crippen molar-refractivity contribution in [2.24, 2.45) is 29.6 Å². The Labute approximate surface area is 198 Å². The average Bonchev–Trinajstić information content (AvgIpc) is 2.84. The lowest BCUT2D eigenvalue weighted by Gasteiger charge is -2.41. The van der Waals surface area contributed by atoms with Crippen LogP contribution < -0.4 is 5.32 Å². The Balaban J connectivity index is 1.16. The molecular weight excluding hydrogens is 418 g/mol. The molecule has 0 bridgehead atoms. The number of Topliss-reactive ketones (excluding diaryl/α,β-unsaturated/α-hetero) is 1. The molecule has 33 heavy (non-hydrogen) atoms. The van der Waals surface area contributed by atoms with Crippen LogP contribution in [0.1, 0.15) is 96.8 Å². The summed E-state index contributed by atoms with van der Waals surface area (Å²) in [5.41, 5.74) is 0. The van der Waals surface area contributed by atoms with Gasteiger partial charge in [0.25, 0.3) is 0 Å². The monoisotopic (exact) mass is 461 g/mol. The standard InChI is InChI=1S/C27H43NO5/c1-17(29)20-7-8-22-16-25(12-9-21(22)15-20)33-27(31)19-5-3-18(4-6-19)26(30)32-24-13-10-23(28-2)11-14-24/h18-25,28H,3-16H2,1-2H3. The van der Waals surface area contributed by atoms with Crippen LogP contribution in [0.5, 0.6) is 0 Å². The third-order valence-electron chi connectivity index (χ3n) is 9.18. The summed E-state index contributed by atoms with van der Waals surface area (Å²) in [5, 5.41) is 3.31. The highest BCUT2D eigenvalue weighted by atomic mass is 16.5. The van der Waals surface area contributed by atoms with Gasteiger partial charge in [-0.25, -0.2) is 0 Å². The molecule has 4 aliphatic rings. The minimum Gasteiger partial charge on any atom is -0.462 e. The molecule has 4 fully saturated rings. The average molecular weight is 462 g/mol. The summed E-state index contributed by atoms with van der Waals surface area (Å²) in [6.45, 7) is 1.72. The molecular formula is C27H43NO5. The Morgan fingerprint density at radius 1 is 0.606 bits per heavy atom. The number of esters is 2. The van der Waals surface area contributed by atoms with E-state index in [0.717, 1.165) is 89.9 Å². The molecule has 4 saturated carbocycles. The quantitative estimate of drug-likeness (QED) is 0.583. The Morgan fingerprint density at radius 2 is 1.09 bits per heavy atom. The molecule has 4 unspecified atom stereocenters. The molecule has 0 aromatic carbocycles. The van der Waals surface area contributed by atoms with Gasteiger partial charge in [-0.15, -0.1) is 0 Å². The van der Waals surface area contributed by atoms with Gasteiger partial charge in [0.05, 0.1) is 11.8 Å². The van der Waals surface area contributed by atoms with Crippen LogP contribution in [0.25, 0.3) is 0 Å². The number of hydrogen-bond acceptors (Lipinski definition) is 6. The maximum absolute atomic E-state index is 12.8. The minimum atomic E-state index is -0.0775. The van der Waals surface area contributed by atoms with E-state index in [2.05, 4.69) is 5.32 Å². The van der Waals surface area contributed by atoms with Gasteiger partial charge in [-0.3, -0.25) is 14.4 Å². The summed E-state index contributed by atoms with van der Waals surface area (Å²) in [6.07, 6.45) is 13.1. The van der Waals surface area contributed by atoms with E-state index >= 15 is 0 Å². The van der Waals surface area contributed by atoms with E-state index < -0.39 is 0 Å². The first kappa shape index (κ1) is 24.7. The smallest absolute Gasteiger partial charge is 0.309 e. The topological polar surface area (TPSA) is 81.7 Å². The van der Waals surface area contributed by atoms with Crippen LogP contribution >= 0.6 is 0 Å². The van der Waals surface area contributed by atoms with Crippen molar-refractivity contribution in [3.8, 4) is 0 Å². The molecule has 0 aromatic heterocycles. The maximum Gasteiger partial charge on any atom is 0.309 e. The number of carbonyl (C=O) groups is 3. The van der Waals surface area contributed by atoms with Crippen LogP contribution in [0, 0.1) is 29.6 Å². The summed E-state index contributed by atoms with van der Waals surface area (Å²) < 4.78 is 11.8. The van der Waals surface area contributed by atoms with Crippen molar-refractivity contribution >= 4 is 17.7 Å². The molecule has 0 aromatic rings. The third-order valence-corrected chi connectivity index (χ3v) is 9.18. The predicted octanol–water partition coefficient (Wildman–Crippen LogP) is 4.58. The number of ether oxygens (including phenoxy) is 2. The minimum absolute atomic E-state index is 0.0306. The summed E-state index contributed by atoms with van der Waals surface area (Å²) in [6, 6.07) is 0.548. The molecule has 0 saturated heterocycles. The lowest BCUT2D eigenvalue weighted by Crippen LogP contribution is -2.38. The van der Waals surface area contributed by atoms with Gasteiger partial charge in [0, 0.05) is 12.0 Å². The fraction of sp³-hybridized carbons (Fsp3) is 0.889. The molecule has 0 aliphatic heterocycles. The highest BCUT2D eigenvalue weighted by Crippen LogP contribution is 2.44. The maximum atomic E-state index is 12.8. The van der Waals surface area contributed by atoms with Crippen LogP contribution in [0.4, 0.5) is 0 Å². The van der Waals surface area contributed by atoms with E-state index in [1.54, 1.807) is 6.92 Å². The van der Waals surface area contributed by atoms with Crippen LogP contribution in [0.3, 0.4) is 0 Å². The van der Waals surface area contributed by atoms with Crippen molar-refractivity contribution in [1.29, 1.82) is 0 Å². The lowest BCUT2D eigenvalue weighted by atomic mass is 9.66. The van der Waals surface area contributed by atoms with E-state index in [-0.39, 0.29) is 41.9 Å². The number of hydrogen-bond donors (Lipinski definition) is 1. The van der Waals surface area contributed by atoms with E-state index in [1.807, 2.05) is 7.05 Å². The van der Waals surface area contributed by atoms with Gasteiger partial charge >= 0.3 is 11.9 Å². The number of rotatable bonds is 6. The van der Waals surface area contributed by atoms with Gasteiger partial charge in [0.15, 0.2) is 0 Å². The van der Waals surface area contributed by atoms with Crippen LogP contribution in [-0.2, 0) is 23.9 Å². The molecule has 4 rings (SSSR count). The van der Waals surface area contributed by atoms with E-state index in [4.69, 9.17) is 9.47 Å². The lowest BCUT2D eigenvalue weighted by molar-refractivity contribution is -0.163. The first-order valence-electron chi connectivity index (χ1n) is 13.5. The molecule has 4 atom stereocenters. The molecule has 1 N–H and O–H groups in total. The third kappa shape index (κ3) is 6.37. The van der Waals surface area contributed by atoms with Crippen molar-refractivity contribution < 1.29 is 23.9 Å². The van der Waals surface area contributed by atoms with Crippen LogP contribution in [0.15, 0.2) is 0 Å². The first-order chi connectivity index (χ1) is 15.9. The van der Waals surface area contributed by atoms with Crippen molar-refractivity contribution in [2.75, 3.05) is 7.05 Å². The molecule has 0 radical (unpaired) electrons. The number of carbonyl (C=O) groups excluding carboxylic acids is 3. The van der Waals surface area contributed by atoms with E-state index in [9.17, 15) is 14.4 Å². The second kappa shape index (κ2) is 11.3. The molecule has 0 heterocycles. The van der Waals surface area contributed by atoms with Gasteiger partial charge in [-0.1, -0.05) is 0 Å². The predicted molar refractivity (Wildman–Crippen MR) is 125 cm³/mol. The normalized spacial score (nSPS) is 39.2. The molecule has 0 spiro atoms. The molecule has 186 valence electrons. The fourth-order valence-corrected chi connectivity index (χ4v) is 6.88. The number of ketones is 1. The summed E-state index contributed by atoms with van der Waals surface area (Å²) >= 11 is 0. The Hall–Kier alpha value is -1.43. The van der Waals surface area contributed by atoms with Crippen molar-refractivity contribution in [2.45, 2.75) is 115 Å². The number of fused-ring (bicyclic) bond motifs is 1. The molecule has 0 amide bonds. The van der Waals surface area contributed by atoms with E-state index in [0.29, 0.717) is 23.7 Å². The zero-order valence-corrected chi connectivity index (χ0v) is 20.6. The zero-order chi connectivity index (χ0) is 23.4. The van der Waals surface area contributed by atoms with Crippen LogP contribution in [0.2, 0.25) is 0 Å². The van der Waals surface area contributed by atoms with Crippen molar-refractivity contribution in [3.63, 3.8) is 0 Å². The molecule has 6 heteroatoms. The van der Waals surface area contributed by atoms with Gasteiger partial charge in [-0.05, 0) is 116 Å².